The Hall–Kier alpha value is -2.83. The molecule has 0 radical (unpaired) electrons. The molecule has 0 spiro atoms. The molecule has 0 aliphatic heterocycles. The number of para-hydroxylation sites is 1. The first-order valence-corrected chi connectivity index (χ1v) is 10.9. The second-order valence-electron chi connectivity index (χ2n) is 8.53. The van der Waals surface area contributed by atoms with Crippen LogP contribution in [0.25, 0.3) is 33.0 Å². The van der Waals surface area contributed by atoms with Crippen molar-refractivity contribution in [2.45, 2.75) is 12.8 Å². The summed E-state index contributed by atoms with van der Waals surface area (Å²) in [5.74, 6) is 0.851. The van der Waals surface area contributed by atoms with Crippen molar-refractivity contribution >= 4 is 38.7 Å². The third-order valence-corrected chi connectivity index (χ3v) is 5.37. The molecule has 0 saturated carbocycles. The van der Waals surface area contributed by atoms with E-state index in [0.717, 1.165) is 76.9 Å². The summed E-state index contributed by atoms with van der Waals surface area (Å²) in [4.78, 5) is 9.30. The van der Waals surface area contributed by atoms with Crippen LogP contribution in [0, 0.1) is 0 Å². The van der Waals surface area contributed by atoms with Crippen LogP contribution in [0.3, 0.4) is 0 Å². The van der Waals surface area contributed by atoms with Crippen molar-refractivity contribution in [3.8, 4) is 5.75 Å². The summed E-state index contributed by atoms with van der Waals surface area (Å²) in [6, 6.07) is 14.2. The lowest BCUT2D eigenvalue weighted by Gasteiger charge is -2.12. The lowest BCUT2D eigenvalue weighted by Crippen LogP contribution is -2.16. The maximum atomic E-state index is 6.28. The van der Waals surface area contributed by atoms with E-state index in [0.29, 0.717) is 6.61 Å². The number of benzene rings is 2. The van der Waals surface area contributed by atoms with E-state index in [-0.39, 0.29) is 0 Å². The number of hydrogen-bond donors (Lipinski definition) is 1. The summed E-state index contributed by atoms with van der Waals surface area (Å²) >= 11 is 0. The van der Waals surface area contributed by atoms with Crippen molar-refractivity contribution in [2.75, 3.05) is 59.7 Å². The first-order valence-electron chi connectivity index (χ1n) is 10.9. The van der Waals surface area contributed by atoms with Crippen molar-refractivity contribution in [1.82, 2.24) is 14.8 Å². The minimum Gasteiger partial charge on any atom is -0.494 e. The fourth-order valence-corrected chi connectivity index (χ4v) is 3.81. The van der Waals surface area contributed by atoms with Gasteiger partial charge in [0.1, 0.15) is 16.8 Å². The first-order chi connectivity index (χ1) is 15.0. The number of nitrogens with one attached hydrogen (secondary N) is 1. The van der Waals surface area contributed by atoms with Crippen LogP contribution >= 0.6 is 0 Å². The van der Waals surface area contributed by atoms with Crippen molar-refractivity contribution in [3.05, 3.63) is 42.5 Å². The van der Waals surface area contributed by atoms with Crippen LogP contribution in [0.5, 0.6) is 5.75 Å². The van der Waals surface area contributed by atoms with Crippen LogP contribution in [0.1, 0.15) is 12.8 Å². The largest absolute Gasteiger partial charge is 0.494 e. The van der Waals surface area contributed by atoms with Crippen LogP contribution in [0.4, 0.5) is 5.69 Å². The molecule has 0 bridgehead atoms. The van der Waals surface area contributed by atoms with E-state index in [1.54, 1.807) is 0 Å². The Kier molecular flexibility index (Phi) is 6.59. The molecule has 0 amide bonds. The van der Waals surface area contributed by atoms with Gasteiger partial charge in [-0.25, -0.2) is 4.98 Å². The molecule has 0 atom stereocenters. The van der Waals surface area contributed by atoms with E-state index in [2.05, 4.69) is 61.5 Å². The first kappa shape index (κ1) is 21.4. The van der Waals surface area contributed by atoms with Gasteiger partial charge >= 0.3 is 0 Å². The molecule has 164 valence electrons. The van der Waals surface area contributed by atoms with Crippen molar-refractivity contribution in [3.63, 3.8) is 0 Å². The number of hydrogen-bond acceptors (Lipinski definition) is 6. The maximum absolute atomic E-state index is 6.28. The molecule has 31 heavy (non-hydrogen) atoms. The second-order valence-corrected chi connectivity index (χ2v) is 8.53. The van der Waals surface area contributed by atoms with Gasteiger partial charge in [0.25, 0.3) is 0 Å². The van der Waals surface area contributed by atoms with Crippen LogP contribution in [0.2, 0.25) is 0 Å². The third kappa shape index (κ3) is 4.92. The smallest absolute Gasteiger partial charge is 0.177 e. The molecule has 4 aromatic rings. The summed E-state index contributed by atoms with van der Waals surface area (Å²) in [6.45, 7) is 3.61. The van der Waals surface area contributed by atoms with Gasteiger partial charge < -0.3 is 24.3 Å². The number of ether oxygens (including phenoxy) is 1. The third-order valence-electron chi connectivity index (χ3n) is 5.37. The number of nitrogens with zero attached hydrogens (tertiary/aromatic N) is 3. The minimum absolute atomic E-state index is 0.689. The standard InChI is InChI=1S/C25H32N4O2/c1-28(2)14-7-13-26-23-19-9-5-6-10-21(19)27-24-20-17-18(30-16-8-15-29(3)4)11-12-22(20)31-25(23)24/h5-6,9-12,17H,7-8,13-16H2,1-4H3,(H,26,27). The number of aromatic nitrogens is 1. The van der Waals surface area contributed by atoms with E-state index >= 15 is 0 Å². The van der Waals surface area contributed by atoms with Crippen LogP contribution in [-0.4, -0.2) is 69.2 Å². The lowest BCUT2D eigenvalue weighted by atomic mass is 10.1. The summed E-state index contributed by atoms with van der Waals surface area (Å²) in [5, 5.41) is 5.69. The van der Waals surface area contributed by atoms with E-state index in [1.165, 1.54) is 0 Å². The lowest BCUT2D eigenvalue weighted by molar-refractivity contribution is 0.282. The fourth-order valence-electron chi connectivity index (χ4n) is 3.81. The topological polar surface area (TPSA) is 53.8 Å². The SMILES string of the molecule is CN(C)CCCNc1c2ccccc2nc2c1oc1ccc(OCCCN(C)C)cc12. The average Bonchev–Trinajstić information content (AvgIpc) is 3.11. The van der Waals surface area contributed by atoms with E-state index in [9.17, 15) is 0 Å². The molecular formula is C25H32N4O2. The Bertz CT molecular complexity index is 1170. The molecule has 2 heterocycles. The number of furan rings is 1. The molecule has 0 aliphatic rings. The Morgan fingerprint density at radius 2 is 1.71 bits per heavy atom. The normalized spacial score (nSPS) is 11.9. The van der Waals surface area contributed by atoms with Gasteiger partial charge in [0.15, 0.2) is 5.58 Å². The monoisotopic (exact) mass is 420 g/mol. The molecular weight excluding hydrogens is 388 g/mol. The molecule has 0 unspecified atom stereocenters. The molecule has 0 saturated heterocycles. The zero-order valence-electron chi connectivity index (χ0n) is 18.9. The molecule has 4 rings (SSSR count). The zero-order chi connectivity index (χ0) is 21.8. The zero-order valence-corrected chi connectivity index (χ0v) is 18.9. The molecule has 2 aromatic carbocycles. The van der Waals surface area contributed by atoms with Gasteiger partial charge in [-0.2, -0.15) is 0 Å². The predicted octanol–water partition coefficient (Wildman–Crippen LogP) is 4.83. The molecule has 2 aromatic heterocycles. The Morgan fingerprint density at radius 3 is 2.52 bits per heavy atom. The fraction of sp³-hybridized carbons (Fsp3) is 0.400. The van der Waals surface area contributed by atoms with Crippen molar-refractivity contribution in [1.29, 1.82) is 0 Å². The van der Waals surface area contributed by atoms with Crippen LogP contribution < -0.4 is 10.1 Å². The van der Waals surface area contributed by atoms with E-state index in [4.69, 9.17) is 14.1 Å². The van der Waals surface area contributed by atoms with Gasteiger partial charge in [-0.15, -0.1) is 0 Å². The molecule has 1 N–H and O–H groups in total. The summed E-state index contributed by atoms with van der Waals surface area (Å²) in [5.41, 5.74) is 4.50. The number of rotatable bonds is 10. The van der Waals surface area contributed by atoms with Crippen molar-refractivity contribution in [2.24, 2.45) is 0 Å². The summed E-state index contributed by atoms with van der Waals surface area (Å²) < 4.78 is 12.3. The van der Waals surface area contributed by atoms with Gasteiger partial charge in [-0.05, 0) is 71.8 Å². The molecule has 0 fully saturated rings. The second kappa shape index (κ2) is 9.54. The maximum Gasteiger partial charge on any atom is 0.177 e. The van der Waals surface area contributed by atoms with Crippen LogP contribution in [0.15, 0.2) is 46.9 Å². The Labute approximate surface area is 183 Å². The van der Waals surface area contributed by atoms with Gasteiger partial charge in [0.2, 0.25) is 0 Å². The minimum atomic E-state index is 0.689. The molecule has 6 heteroatoms. The quantitative estimate of drug-likeness (QED) is 0.371. The molecule has 0 aliphatic carbocycles. The van der Waals surface area contributed by atoms with E-state index < -0.39 is 0 Å². The Balaban J connectivity index is 1.68. The van der Waals surface area contributed by atoms with Gasteiger partial charge in [-0.1, -0.05) is 18.2 Å². The highest BCUT2D eigenvalue weighted by molar-refractivity contribution is 6.14. The highest BCUT2D eigenvalue weighted by atomic mass is 16.5. The highest BCUT2D eigenvalue weighted by Gasteiger charge is 2.16. The Morgan fingerprint density at radius 1 is 0.935 bits per heavy atom. The van der Waals surface area contributed by atoms with Crippen LogP contribution in [-0.2, 0) is 0 Å². The number of pyridine rings is 1. The van der Waals surface area contributed by atoms with Gasteiger partial charge in [0, 0.05) is 18.5 Å². The summed E-state index contributed by atoms with van der Waals surface area (Å²) in [7, 11) is 8.34. The predicted molar refractivity (Wildman–Crippen MR) is 129 cm³/mol. The highest BCUT2D eigenvalue weighted by Crippen LogP contribution is 2.38. The average molecular weight is 421 g/mol. The van der Waals surface area contributed by atoms with Gasteiger partial charge in [0.05, 0.1) is 23.2 Å². The number of anilines is 1. The van der Waals surface area contributed by atoms with Crippen molar-refractivity contribution < 1.29 is 9.15 Å². The summed E-state index contributed by atoms with van der Waals surface area (Å²) in [6.07, 6.45) is 2.04. The van der Waals surface area contributed by atoms with E-state index in [1.807, 2.05) is 24.3 Å². The molecule has 6 nitrogen and oxygen atoms in total. The van der Waals surface area contributed by atoms with Gasteiger partial charge in [-0.3, -0.25) is 0 Å². The number of fused-ring (bicyclic) bond motifs is 4.